The van der Waals surface area contributed by atoms with Gasteiger partial charge in [-0.1, -0.05) is 6.92 Å². The molecular weight excluding hydrogens is 264 g/mol. The number of aromatic nitrogens is 2. The van der Waals surface area contributed by atoms with Crippen molar-refractivity contribution in [1.82, 2.24) is 19.8 Å². The molecule has 1 aliphatic heterocycles. The van der Waals surface area contributed by atoms with Gasteiger partial charge in [0.2, 0.25) is 10.0 Å². The van der Waals surface area contributed by atoms with Gasteiger partial charge in [-0.3, -0.25) is 5.10 Å². The van der Waals surface area contributed by atoms with Crippen LogP contribution in [0.15, 0.2) is 11.1 Å². The summed E-state index contributed by atoms with van der Waals surface area (Å²) in [6.45, 7) is 6.62. The van der Waals surface area contributed by atoms with E-state index in [2.05, 4.69) is 15.5 Å². The Hall–Kier alpha value is -0.920. The molecule has 1 saturated heterocycles. The summed E-state index contributed by atoms with van der Waals surface area (Å²) >= 11 is 0. The van der Waals surface area contributed by atoms with Gasteiger partial charge in [0, 0.05) is 13.1 Å². The minimum atomic E-state index is -3.43. The number of piperidine rings is 1. The van der Waals surface area contributed by atoms with Crippen molar-refractivity contribution < 1.29 is 8.42 Å². The third-order valence-electron chi connectivity index (χ3n) is 3.61. The smallest absolute Gasteiger partial charge is 0.246 e. The molecule has 1 atom stereocenters. The summed E-state index contributed by atoms with van der Waals surface area (Å²) in [5.41, 5.74) is 0.597. The summed E-state index contributed by atoms with van der Waals surface area (Å²) in [6, 6.07) is 0. The van der Waals surface area contributed by atoms with Crippen LogP contribution in [0.4, 0.5) is 0 Å². The number of sulfonamides is 1. The first-order chi connectivity index (χ1) is 9.05. The van der Waals surface area contributed by atoms with Gasteiger partial charge in [0.05, 0.1) is 11.9 Å². The van der Waals surface area contributed by atoms with Gasteiger partial charge >= 0.3 is 0 Å². The molecule has 0 radical (unpaired) electrons. The van der Waals surface area contributed by atoms with Crippen LogP contribution in [0.2, 0.25) is 0 Å². The van der Waals surface area contributed by atoms with Crippen LogP contribution in [-0.2, 0) is 10.0 Å². The second-order valence-electron chi connectivity index (χ2n) is 5.03. The Labute approximate surface area is 114 Å². The molecule has 1 unspecified atom stereocenters. The van der Waals surface area contributed by atoms with Crippen molar-refractivity contribution >= 4 is 10.0 Å². The van der Waals surface area contributed by atoms with Gasteiger partial charge in [-0.05, 0) is 38.8 Å². The minimum absolute atomic E-state index is 0.290. The lowest BCUT2D eigenvalue weighted by atomic mass is 10.00. The number of nitrogens with zero attached hydrogens (tertiary/aromatic N) is 2. The van der Waals surface area contributed by atoms with Crippen LogP contribution in [0.25, 0.3) is 0 Å². The van der Waals surface area contributed by atoms with Gasteiger partial charge in [-0.15, -0.1) is 0 Å². The van der Waals surface area contributed by atoms with Crippen molar-refractivity contribution in [3.8, 4) is 0 Å². The van der Waals surface area contributed by atoms with Gasteiger partial charge in [0.1, 0.15) is 4.90 Å². The molecule has 0 amide bonds. The maximum Gasteiger partial charge on any atom is 0.246 e. The third-order valence-corrected chi connectivity index (χ3v) is 5.67. The zero-order valence-electron chi connectivity index (χ0n) is 11.5. The van der Waals surface area contributed by atoms with Crippen LogP contribution in [-0.4, -0.2) is 49.1 Å². The van der Waals surface area contributed by atoms with Crippen molar-refractivity contribution in [1.29, 1.82) is 0 Å². The van der Waals surface area contributed by atoms with E-state index in [-0.39, 0.29) is 4.90 Å². The van der Waals surface area contributed by atoms with E-state index in [1.807, 2.05) is 6.92 Å². The molecule has 0 aliphatic carbocycles. The van der Waals surface area contributed by atoms with E-state index >= 15 is 0 Å². The van der Waals surface area contributed by atoms with E-state index in [1.165, 1.54) is 6.20 Å². The lowest BCUT2D eigenvalue weighted by Gasteiger charge is -2.28. The van der Waals surface area contributed by atoms with E-state index in [9.17, 15) is 8.42 Å². The maximum atomic E-state index is 12.6. The predicted octanol–water partition coefficient (Wildman–Crippen LogP) is 0.728. The lowest BCUT2D eigenvalue weighted by Crippen LogP contribution is -2.41. The molecule has 2 N–H and O–H groups in total. The zero-order chi connectivity index (χ0) is 13.9. The zero-order valence-corrected chi connectivity index (χ0v) is 12.3. The topological polar surface area (TPSA) is 78.1 Å². The summed E-state index contributed by atoms with van der Waals surface area (Å²) in [5, 5.41) is 9.82. The molecule has 2 rings (SSSR count). The first-order valence-corrected chi connectivity index (χ1v) is 8.20. The van der Waals surface area contributed by atoms with Gasteiger partial charge in [0.15, 0.2) is 0 Å². The van der Waals surface area contributed by atoms with Crippen molar-refractivity contribution in [3.63, 3.8) is 0 Å². The van der Waals surface area contributed by atoms with Crippen LogP contribution in [0, 0.1) is 12.8 Å². The van der Waals surface area contributed by atoms with Crippen LogP contribution in [0.5, 0.6) is 0 Å². The van der Waals surface area contributed by atoms with E-state index in [4.69, 9.17) is 0 Å². The molecule has 6 nitrogen and oxygen atoms in total. The fraction of sp³-hybridized carbons (Fsp3) is 0.750. The largest absolute Gasteiger partial charge is 0.316 e. The summed E-state index contributed by atoms with van der Waals surface area (Å²) in [7, 11) is -3.43. The average molecular weight is 286 g/mol. The normalized spacial score (nSPS) is 20.9. The van der Waals surface area contributed by atoms with Crippen molar-refractivity contribution in [3.05, 3.63) is 11.9 Å². The highest BCUT2D eigenvalue weighted by molar-refractivity contribution is 7.89. The quantitative estimate of drug-likeness (QED) is 0.836. The van der Waals surface area contributed by atoms with Crippen molar-refractivity contribution in [2.45, 2.75) is 31.6 Å². The van der Waals surface area contributed by atoms with Gasteiger partial charge in [0.25, 0.3) is 0 Å². The van der Waals surface area contributed by atoms with Crippen molar-refractivity contribution in [2.24, 2.45) is 5.92 Å². The SMILES string of the molecule is CCN(CC1CCCNC1)S(=O)(=O)c1cn[nH]c1C. The Bertz CT molecular complexity index is 506. The van der Waals surface area contributed by atoms with E-state index in [1.54, 1.807) is 11.2 Å². The summed E-state index contributed by atoms with van der Waals surface area (Å²) in [6.07, 6.45) is 3.60. The molecule has 0 saturated carbocycles. The molecule has 1 aliphatic rings. The molecule has 108 valence electrons. The average Bonchev–Trinajstić information content (AvgIpc) is 2.84. The lowest BCUT2D eigenvalue weighted by molar-refractivity contribution is 0.297. The molecule has 1 fully saturated rings. The fourth-order valence-corrected chi connectivity index (χ4v) is 4.15. The van der Waals surface area contributed by atoms with Crippen molar-refractivity contribution in [2.75, 3.05) is 26.2 Å². The number of hydrogen-bond acceptors (Lipinski definition) is 4. The Balaban J connectivity index is 2.14. The predicted molar refractivity (Wildman–Crippen MR) is 73.4 cm³/mol. The van der Waals surface area contributed by atoms with E-state index in [0.717, 1.165) is 25.9 Å². The van der Waals surface area contributed by atoms with E-state index < -0.39 is 10.0 Å². The first kappa shape index (κ1) is 14.5. The highest BCUT2D eigenvalue weighted by Gasteiger charge is 2.28. The number of aromatic amines is 1. The molecule has 1 aromatic rings. The van der Waals surface area contributed by atoms with Gasteiger partial charge in [-0.25, -0.2) is 8.42 Å². The molecule has 0 bridgehead atoms. The number of nitrogens with one attached hydrogen (secondary N) is 2. The standard InChI is InChI=1S/C12H22N4O2S/c1-3-16(9-11-5-4-6-13-7-11)19(17,18)12-8-14-15-10(12)2/h8,11,13H,3-7,9H2,1-2H3,(H,14,15). The first-order valence-electron chi connectivity index (χ1n) is 6.76. The Morgan fingerprint density at radius 2 is 2.32 bits per heavy atom. The number of aryl methyl sites for hydroxylation is 1. The summed E-state index contributed by atoms with van der Waals surface area (Å²) < 4.78 is 26.7. The second-order valence-corrected chi connectivity index (χ2v) is 6.93. The second kappa shape index (κ2) is 6.02. The molecular formula is C12H22N4O2S. The fourth-order valence-electron chi connectivity index (χ4n) is 2.50. The Morgan fingerprint density at radius 1 is 1.53 bits per heavy atom. The minimum Gasteiger partial charge on any atom is -0.316 e. The molecule has 7 heteroatoms. The molecule has 19 heavy (non-hydrogen) atoms. The van der Waals surface area contributed by atoms with E-state index in [0.29, 0.717) is 24.7 Å². The van der Waals surface area contributed by atoms with Gasteiger partial charge in [-0.2, -0.15) is 9.40 Å². The highest BCUT2D eigenvalue weighted by Crippen LogP contribution is 2.20. The molecule has 0 aromatic carbocycles. The molecule has 0 spiro atoms. The summed E-state index contributed by atoms with van der Waals surface area (Å²) in [4.78, 5) is 0.290. The van der Waals surface area contributed by atoms with Crippen LogP contribution in [0.1, 0.15) is 25.5 Å². The Morgan fingerprint density at radius 3 is 2.84 bits per heavy atom. The molecule has 2 heterocycles. The third kappa shape index (κ3) is 3.16. The summed E-state index contributed by atoms with van der Waals surface area (Å²) in [5.74, 6) is 0.399. The number of hydrogen-bond donors (Lipinski definition) is 2. The monoisotopic (exact) mass is 286 g/mol. The highest BCUT2D eigenvalue weighted by atomic mass is 32.2. The number of H-pyrrole nitrogens is 1. The van der Waals surface area contributed by atoms with Crippen LogP contribution in [0.3, 0.4) is 0 Å². The maximum absolute atomic E-state index is 12.6. The molecule has 1 aromatic heterocycles. The van der Waals surface area contributed by atoms with Gasteiger partial charge < -0.3 is 5.32 Å². The van der Waals surface area contributed by atoms with Crippen LogP contribution >= 0.6 is 0 Å². The number of rotatable bonds is 5. The Kier molecular flexibility index (Phi) is 4.59. The van der Waals surface area contributed by atoms with Crippen LogP contribution < -0.4 is 5.32 Å².